The Morgan fingerprint density at radius 1 is 1.09 bits per heavy atom. The van der Waals surface area contributed by atoms with Crippen molar-refractivity contribution < 1.29 is 4.79 Å². The first kappa shape index (κ1) is 14.8. The van der Waals surface area contributed by atoms with Crippen LogP contribution in [0.3, 0.4) is 0 Å². The molecule has 5 nitrogen and oxygen atoms in total. The smallest absolute Gasteiger partial charge is 0.243 e. The Morgan fingerprint density at radius 3 is 2.61 bits per heavy atom. The number of carbonyl (C=O) groups is 1. The number of aromatic nitrogens is 2. The molecule has 2 N–H and O–H groups in total. The minimum Gasteiger partial charge on any atom is -0.376 e. The second-order valence-electron chi connectivity index (χ2n) is 5.27. The summed E-state index contributed by atoms with van der Waals surface area (Å²) in [7, 11) is 0. The molecule has 0 aliphatic rings. The lowest BCUT2D eigenvalue weighted by atomic mass is 10.2. The van der Waals surface area contributed by atoms with Crippen LogP contribution < -0.4 is 10.6 Å². The summed E-state index contributed by atoms with van der Waals surface area (Å²) in [6.45, 7) is 2.21. The summed E-state index contributed by atoms with van der Waals surface area (Å²) in [6.07, 6.45) is 3.62. The standard InChI is InChI=1S/C18H18N4O/c1-14-4-2-5-16(12-14)21-18(23)13-19-15-6-8-17(9-7-15)22-11-3-10-20-22/h2-12,19H,13H2,1H3,(H,21,23). The third-order valence-electron chi connectivity index (χ3n) is 3.39. The molecule has 1 aromatic heterocycles. The Hall–Kier alpha value is -3.08. The van der Waals surface area contributed by atoms with Crippen molar-refractivity contribution in [1.29, 1.82) is 0 Å². The monoisotopic (exact) mass is 306 g/mol. The van der Waals surface area contributed by atoms with Gasteiger partial charge in [-0.3, -0.25) is 4.79 Å². The summed E-state index contributed by atoms with van der Waals surface area (Å²) < 4.78 is 1.79. The number of hydrogen-bond acceptors (Lipinski definition) is 3. The van der Waals surface area contributed by atoms with E-state index in [1.54, 1.807) is 10.9 Å². The Bertz CT molecular complexity index is 779. The van der Waals surface area contributed by atoms with E-state index in [4.69, 9.17) is 0 Å². The summed E-state index contributed by atoms with van der Waals surface area (Å²) in [5, 5.41) is 10.2. The highest BCUT2D eigenvalue weighted by Gasteiger charge is 2.03. The number of hydrogen-bond donors (Lipinski definition) is 2. The number of benzene rings is 2. The summed E-state index contributed by atoms with van der Waals surface area (Å²) >= 11 is 0. The fourth-order valence-corrected chi connectivity index (χ4v) is 2.26. The molecule has 0 radical (unpaired) electrons. The largest absolute Gasteiger partial charge is 0.376 e. The maximum atomic E-state index is 12.0. The van der Waals surface area contributed by atoms with Crippen molar-refractivity contribution >= 4 is 17.3 Å². The molecule has 0 fully saturated rings. The highest BCUT2D eigenvalue weighted by molar-refractivity contribution is 5.93. The molecule has 0 atom stereocenters. The lowest BCUT2D eigenvalue weighted by molar-refractivity contribution is -0.114. The van der Waals surface area contributed by atoms with E-state index in [0.29, 0.717) is 0 Å². The number of aryl methyl sites for hydroxylation is 1. The predicted octanol–water partition coefficient (Wildman–Crippen LogP) is 3.23. The van der Waals surface area contributed by atoms with E-state index >= 15 is 0 Å². The van der Waals surface area contributed by atoms with Crippen LogP contribution in [0.1, 0.15) is 5.56 Å². The van der Waals surface area contributed by atoms with Crippen molar-refractivity contribution in [3.8, 4) is 5.69 Å². The predicted molar refractivity (Wildman–Crippen MR) is 91.9 cm³/mol. The minimum absolute atomic E-state index is 0.0771. The van der Waals surface area contributed by atoms with Crippen molar-refractivity contribution in [3.63, 3.8) is 0 Å². The van der Waals surface area contributed by atoms with Gasteiger partial charge in [0.25, 0.3) is 0 Å². The first-order valence-electron chi connectivity index (χ1n) is 7.41. The van der Waals surface area contributed by atoms with E-state index in [9.17, 15) is 4.79 Å². The molecule has 2 aromatic carbocycles. The van der Waals surface area contributed by atoms with Gasteiger partial charge in [-0.1, -0.05) is 12.1 Å². The van der Waals surface area contributed by atoms with Gasteiger partial charge >= 0.3 is 0 Å². The minimum atomic E-state index is -0.0771. The second kappa shape index (κ2) is 6.79. The maximum absolute atomic E-state index is 12.0. The molecule has 116 valence electrons. The number of nitrogens with zero attached hydrogens (tertiary/aromatic N) is 2. The van der Waals surface area contributed by atoms with Gasteiger partial charge in [-0.25, -0.2) is 4.68 Å². The van der Waals surface area contributed by atoms with Crippen LogP contribution in [0.25, 0.3) is 5.69 Å². The molecule has 0 spiro atoms. The number of anilines is 2. The SMILES string of the molecule is Cc1cccc(NC(=O)CNc2ccc(-n3cccn3)cc2)c1. The van der Waals surface area contributed by atoms with E-state index < -0.39 is 0 Å². The van der Waals surface area contributed by atoms with Crippen LogP contribution in [-0.4, -0.2) is 22.2 Å². The van der Waals surface area contributed by atoms with Gasteiger partial charge in [0, 0.05) is 23.8 Å². The molecule has 3 aromatic rings. The zero-order valence-electron chi connectivity index (χ0n) is 12.9. The Labute approximate surface area is 135 Å². The topological polar surface area (TPSA) is 59.0 Å². The van der Waals surface area contributed by atoms with Gasteiger partial charge in [-0.05, 0) is 55.0 Å². The average Bonchev–Trinajstić information content (AvgIpc) is 3.08. The van der Waals surface area contributed by atoms with E-state index in [0.717, 1.165) is 22.6 Å². The van der Waals surface area contributed by atoms with Crippen molar-refractivity contribution in [1.82, 2.24) is 9.78 Å². The molecule has 1 heterocycles. The van der Waals surface area contributed by atoms with Gasteiger partial charge in [0.2, 0.25) is 5.91 Å². The Morgan fingerprint density at radius 2 is 1.91 bits per heavy atom. The summed E-state index contributed by atoms with van der Waals surface area (Å²) in [4.78, 5) is 12.0. The van der Waals surface area contributed by atoms with Crippen LogP contribution in [0.15, 0.2) is 67.0 Å². The summed E-state index contributed by atoms with van der Waals surface area (Å²) in [6, 6.07) is 17.4. The summed E-state index contributed by atoms with van der Waals surface area (Å²) in [5.74, 6) is -0.0771. The van der Waals surface area contributed by atoms with Gasteiger partial charge < -0.3 is 10.6 Å². The fraction of sp³-hybridized carbons (Fsp3) is 0.111. The normalized spacial score (nSPS) is 10.3. The molecule has 3 rings (SSSR count). The van der Waals surface area contributed by atoms with Crippen LogP contribution >= 0.6 is 0 Å². The fourth-order valence-electron chi connectivity index (χ4n) is 2.26. The number of rotatable bonds is 5. The highest BCUT2D eigenvalue weighted by atomic mass is 16.1. The number of carbonyl (C=O) groups excluding carboxylic acids is 1. The van der Waals surface area contributed by atoms with E-state index in [2.05, 4.69) is 15.7 Å². The van der Waals surface area contributed by atoms with Crippen LogP contribution in [0.2, 0.25) is 0 Å². The van der Waals surface area contributed by atoms with Crippen molar-refractivity contribution in [2.45, 2.75) is 6.92 Å². The van der Waals surface area contributed by atoms with Crippen molar-refractivity contribution in [3.05, 3.63) is 72.6 Å². The van der Waals surface area contributed by atoms with Crippen LogP contribution in [0, 0.1) is 6.92 Å². The van der Waals surface area contributed by atoms with Crippen LogP contribution in [0.4, 0.5) is 11.4 Å². The van der Waals surface area contributed by atoms with E-state index in [1.165, 1.54) is 0 Å². The third kappa shape index (κ3) is 3.97. The zero-order chi connectivity index (χ0) is 16.1. The Balaban J connectivity index is 1.54. The first-order chi connectivity index (χ1) is 11.2. The molecule has 0 aliphatic carbocycles. The third-order valence-corrected chi connectivity index (χ3v) is 3.39. The molecule has 0 bridgehead atoms. The molecule has 0 unspecified atom stereocenters. The van der Waals surface area contributed by atoms with E-state index in [1.807, 2.05) is 67.7 Å². The molecule has 0 saturated carbocycles. The number of amides is 1. The quantitative estimate of drug-likeness (QED) is 0.761. The van der Waals surface area contributed by atoms with Crippen LogP contribution in [0.5, 0.6) is 0 Å². The van der Waals surface area contributed by atoms with Crippen LogP contribution in [-0.2, 0) is 4.79 Å². The molecule has 23 heavy (non-hydrogen) atoms. The van der Waals surface area contributed by atoms with Crippen molar-refractivity contribution in [2.24, 2.45) is 0 Å². The van der Waals surface area contributed by atoms with Gasteiger partial charge in [-0.2, -0.15) is 5.10 Å². The van der Waals surface area contributed by atoms with Gasteiger partial charge in [-0.15, -0.1) is 0 Å². The van der Waals surface area contributed by atoms with Gasteiger partial charge in [0.1, 0.15) is 0 Å². The zero-order valence-corrected chi connectivity index (χ0v) is 12.9. The van der Waals surface area contributed by atoms with Gasteiger partial charge in [0.15, 0.2) is 0 Å². The molecule has 0 saturated heterocycles. The second-order valence-corrected chi connectivity index (χ2v) is 5.27. The average molecular weight is 306 g/mol. The molecular formula is C18H18N4O. The lowest BCUT2D eigenvalue weighted by Gasteiger charge is -2.09. The maximum Gasteiger partial charge on any atom is 0.243 e. The van der Waals surface area contributed by atoms with E-state index in [-0.39, 0.29) is 12.5 Å². The molecule has 1 amide bonds. The lowest BCUT2D eigenvalue weighted by Crippen LogP contribution is -2.21. The van der Waals surface area contributed by atoms with Crippen molar-refractivity contribution in [2.75, 3.05) is 17.2 Å². The molecule has 5 heteroatoms. The highest BCUT2D eigenvalue weighted by Crippen LogP contribution is 2.13. The first-order valence-corrected chi connectivity index (χ1v) is 7.41. The molecule has 0 aliphatic heterocycles. The Kier molecular flexibility index (Phi) is 4.38. The molecular weight excluding hydrogens is 288 g/mol. The number of nitrogens with one attached hydrogen (secondary N) is 2. The van der Waals surface area contributed by atoms with Gasteiger partial charge in [0.05, 0.1) is 12.2 Å². The summed E-state index contributed by atoms with van der Waals surface area (Å²) in [5.41, 5.74) is 3.79.